The fourth-order valence-corrected chi connectivity index (χ4v) is 4.90. The van der Waals surface area contributed by atoms with Gasteiger partial charge in [0.05, 0.1) is 11.9 Å². The summed E-state index contributed by atoms with van der Waals surface area (Å²) in [6, 6.07) is 11.4. The molecule has 0 N–H and O–H groups in total. The van der Waals surface area contributed by atoms with Crippen molar-refractivity contribution in [1.82, 2.24) is 14.9 Å². The van der Waals surface area contributed by atoms with E-state index in [4.69, 9.17) is 32.9 Å². The van der Waals surface area contributed by atoms with E-state index in [0.29, 0.717) is 18.8 Å². The number of fused-ring (bicyclic) bond motifs is 2. The van der Waals surface area contributed by atoms with Gasteiger partial charge in [0.15, 0.2) is 5.75 Å². The van der Waals surface area contributed by atoms with E-state index in [9.17, 15) is 4.79 Å². The molecule has 0 unspecified atom stereocenters. The zero-order chi connectivity index (χ0) is 22.1. The zero-order valence-corrected chi connectivity index (χ0v) is 18.9. The Bertz CT molecular complexity index is 1200. The first-order chi connectivity index (χ1) is 15.6. The molecule has 1 saturated heterocycles. The molecule has 1 fully saturated rings. The van der Waals surface area contributed by atoms with Crippen molar-refractivity contribution in [3.63, 3.8) is 0 Å². The first-order valence-corrected chi connectivity index (χ1v) is 11.4. The Morgan fingerprint density at radius 1 is 1.00 bits per heavy atom. The molecule has 1 amide bonds. The molecule has 5 rings (SSSR count). The van der Waals surface area contributed by atoms with Gasteiger partial charge in [-0.05, 0) is 72.7 Å². The second-order valence-electron chi connectivity index (χ2n) is 7.94. The lowest BCUT2D eigenvalue weighted by Gasteiger charge is -2.29. The van der Waals surface area contributed by atoms with Crippen molar-refractivity contribution in [2.75, 3.05) is 13.1 Å². The quantitative estimate of drug-likeness (QED) is 0.443. The van der Waals surface area contributed by atoms with E-state index >= 15 is 0 Å². The summed E-state index contributed by atoms with van der Waals surface area (Å²) < 4.78 is 5.46. The molecular formula is C25H21Cl2N3O2. The highest BCUT2D eigenvalue weighted by Gasteiger charge is 2.28. The highest BCUT2D eigenvalue weighted by atomic mass is 35.5. The standard InChI is InChI=1S/C25H21Cl2N3O2/c26-18-4-6-20-17(14-18)3-5-21-22(27)7-11-29-24(21)23(20)16-8-12-30(13-9-16)25(31)32-19-2-1-10-28-15-19/h1-2,4,6-7,10-11,14-15H,3,5,8-9,12-13H2. The van der Waals surface area contributed by atoms with Crippen LogP contribution in [-0.4, -0.2) is 34.1 Å². The first kappa shape index (κ1) is 21.0. The largest absolute Gasteiger partial charge is 0.415 e. The van der Waals surface area contributed by atoms with Crippen LogP contribution in [0.25, 0.3) is 5.57 Å². The Morgan fingerprint density at radius 2 is 1.84 bits per heavy atom. The van der Waals surface area contributed by atoms with E-state index in [1.165, 1.54) is 17.3 Å². The van der Waals surface area contributed by atoms with Crippen LogP contribution < -0.4 is 4.74 Å². The number of amides is 1. The molecule has 0 spiro atoms. The van der Waals surface area contributed by atoms with Gasteiger partial charge >= 0.3 is 6.09 Å². The van der Waals surface area contributed by atoms with Gasteiger partial charge in [0.1, 0.15) is 0 Å². The number of carbonyl (C=O) groups excluding carboxylic acids is 1. The van der Waals surface area contributed by atoms with Crippen molar-refractivity contribution in [3.05, 3.63) is 93.0 Å². The molecule has 3 aromatic rings. The molecule has 1 aliphatic carbocycles. The smallest absolute Gasteiger partial charge is 0.409 e. The lowest BCUT2D eigenvalue weighted by molar-refractivity contribution is 0.148. The van der Waals surface area contributed by atoms with Crippen molar-refractivity contribution in [2.24, 2.45) is 0 Å². The Morgan fingerprint density at radius 3 is 2.62 bits per heavy atom. The summed E-state index contributed by atoms with van der Waals surface area (Å²) >= 11 is 12.9. The molecule has 2 aromatic heterocycles. The van der Waals surface area contributed by atoms with Gasteiger partial charge in [0, 0.05) is 41.1 Å². The van der Waals surface area contributed by atoms with Gasteiger partial charge in [-0.25, -0.2) is 4.79 Å². The number of nitrogens with zero attached hydrogens (tertiary/aromatic N) is 3. The molecule has 32 heavy (non-hydrogen) atoms. The average Bonchev–Trinajstić information content (AvgIpc) is 2.97. The monoisotopic (exact) mass is 465 g/mol. The molecule has 5 nitrogen and oxygen atoms in total. The van der Waals surface area contributed by atoms with E-state index in [0.717, 1.165) is 58.1 Å². The Balaban J connectivity index is 1.47. The third-order valence-corrected chi connectivity index (χ3v) is 6.62. The average molecular weight is 466 g/mol. The molecule has 7 heteroatoms. The summed E-state index contributed by atoms with van der Waals surface area (Å²) in [5.41, 5.74) is 6.78. The normalized spacial score (nSPS) is 15.6. The van der Waals surface area contributed by atoms with Gasteiger partial charge in [0.25, 0.3) is 0 Å². The van der Waals surface area contributed by atoms with Crippen LogP contribution in [0.2, 0.25) is 10.0 Å². The molecule has 3 heterocycles. The third kappa shape index (κ3) is 4.10. The van der Waals surface area contributed by atoms with Crippen molar-refractivity contribution >= 4 is 34.9 Å². The maximum atomic E-state index is 12.6. The second kappa shape index (κ2) is 8.93. The number of likely N-dealkylation sites (tertiary alicyclic amines) is 1. The number of hydrogen-bond donors (Lipinski definition) is 0. The molecule has 1 aliphatic heterocycles. The SMILES string of the molecule is O=C(Oc1cccnc1)N1CCC(=C2c3ccc(Cl)cc3CCc3c(Cl)ccnc32)CC1. The van der Waals surface area contributed by atoms with Crippen LogP contribution in [-0.2, 0) is 12.8 Å². The summed E-state index contributed by atoms with van der Waals surface area (Å²) in [4.78, 5) is 23.1. The minimum atomic E-state index is -0.350. The molecule has 0 radical (unpaired) electrons. The number of pyridine rings is 2. The van der Waals surface area contributed by atoms with Crippen LogP contribution in [0.5, 0.6) is 5.75 Å². The fourth-order valence-electron chi connectivity index (χ4n) is 4.46. The van der Waals surface area contributed by atoms with E-state index in [2.05, 4.69) is 11.1 Å². The Hall–Kier alpha value is -2.89. The van der Waals surface area contributed by atoms with E-state index in [1.807, 2.05) is 18.2 Å². The number of aromatic nitrogens is 2. The molecule has 0 saturated carbocycles. The van der Waals surface area contributed by atoms with Gasteiger partial charge < -0.3 is 9.64 Å². The number of carbonyl (C=O) groups is 1. The van der Waals surface area contributed by atoms with E-state index in [1.54, 1.807) is 29.4 Å². The fraction of sp³-hybridized carbons (Fsp3) is 0.240. The van der Waals surface area contributed by atoms with Crippen LogP contribution in [0.4, 0.5) is 4.79 Å². The van der Waals surface area contributed by atoms with Gasteiger partial charge in [-0.3, -0.25) is 9.97 Å². The topological polar surface area (TPSA) is 55.3 Å². The number of ether oxygens (including phenoxy) is 1. The van der Waals surface area contributed by atoms with Crippen molar-refractivity contribution in [3.8, 4) is 5.75 Å². The highest BCUT2D eigenvalue weighted by Crippen LogP contribution is 2.40. The van der Waals surface area contributed by atoms with E-state index in [-0.39, 0.29) is 6.09 Å². The van der Waals surface area contributed by atoms with Gasteiger partial charge in [-0.15, -0.1) is 0 Å². The van der Waals surface area contributed by atoms with Crippen LogP contribution in [0, 0.1) is 0 Å². The van der Waals surface area contributed by atoms with Crippen LogP contribution in [0.3, 0.4) is 0 Å². The second-order valence-corrected chi connectivity index (χ2v) is 8.79. The van der Waals surface area contributed by atoms with Crippen molar-refractivity contribution in [2.45, 2.75) is 25.7 Å². The predicted molar refractivity (Wildman–Crippen MR) is 125 cm³/mol. The number of rotatable bonds is 1. The summed E-state index contributed by atoms with van der Waals surface area (Å²) in [7, 11) is 0. The lowest BCUT2D eigenvalue weighted by Crippen LogP contribution is -2.38. The van der Waals surface area contributed by atoms with Gasteiger partial charge in [0.2, 0.25) is 0 Å². The summed E-state index contributed by atoms with van der Waals surface area (Å²) in [6.45, 7) is 1.16. The molecule has 162 valence electrons. The van der Waals surface area contributed by atoms with Gasteiger partial charge in [-0.2, -0.15) is 0 Å². The van der Waals surface area contributed by atoms with Crippen LogP contribution >= 0.6 is 23.2 Å². The number of benzene rings is 1. The van der Waals surface area contributed by atoms with E-state index < -0.39 is 0 Å². The maximum Gasteiger partial charge on any atom is 0.415 e. The lowest BCUT2D eigenvalue weighted by atomic mass is 9.88. The molecule has 1 aromatic carbocycles. The van der Waals surface area contributed by atoms with Crippen molar-refractivity contribution < 1.29 is 9.53 Å². The third-order valence-electron chi connectivity index (χ3n) is 6.03. The summed E-state index contributed by atoms with van der Waals surface area (Å²) in [6.07, 6.45) is 7.76. The Labute approximate surface area is 196 Å². The van der Waals surface area contributed by atoms with Crippen LogP contribution in [0.15, 0.2) is 60.6 Å². The van der Waals surface area contributed by atoms with Gasteiger partial charge in [-0.1, -0.05) is 34.8 Å². The first-order valence-electron chi connectivity index (χ1n) is 10.6. The molecule has 2 aliphatic rings. The maximum absolute atomic E-state index is 12.6. The molecular weight excluding hydrogens is 445 g/mol. The minimum Gasteiger partial charge on any atom is -0.409 e. The minimum absolute atomic E-state index is 0.350. The highest BCUT2D eigenvalue weighted by molar-refractivity contribution is 6.31. The number of hydrogen-bond acceptors (Lipinski definition) is 4. The predicted octanol–water partition coefficient (Wildman–Crippen LogP) is 5.98. The summed E-state index contributed by atoms with van der Waals surface area (Å²) in [5, 5.41) is 1.47. The number of piperidine rings is 1. The number of aryl methyl sites for hydroxylation is 1. The number of halogens is 2. The van der Waals surface area contributed by atoms with Crippen LogP contribution in [0.1, 0.15) is 35.2 Å². The Kier molecular flexibility index (Phi) is 5.85. The van der Waals surface area contributed by atoms with Crippen molar-refractivity contribution in [1.29, 1.82) is 0 Å². The zero-order valence-electron chi connectivity index (χ0n) is 17.4. The molecule has 0 bridgehead atoms. The molecule has 0 atom stereocenters. The summed E-state index contributed by atoms with van der Waals surface area (Å²) in [5.74, 6) is 0.448.